The minimum absolute atomic E-state index is 0.123. The molecule has 0 bridgehead atoms. The van der Waals surface area contributed by atoms with Crippen molar-refractivity contribution in [3.8, 4) is 11.8 Å². The second kappa shape index (κ2) is 7.51. The van der Waals surface area contributed by atoms with E-state index in [1.165, 1.54) is 18.2 Å². The van der Waals surface area contributed by atoms with E-state index in [1.807, 2.05) is 6.07 Å². The van der Waals surface area contributed by atoms with Crippen molar-refractivity contribution in [1.29, 1.82) is 5.26 Å². The lowest BCUT2D eigenvalue weighted by atomic mass is 9.96. The third kappa shape index (κ3) is 4.17. The van der Waals surface area contributed by atoms with Crippen LogP contribution in [0.4, 0.5) is 23.7 Å². The van der Waals surface area contributed by atoms with E-state index in [1.54, 1.807) is 6.92 Å². The molecule has 1 aliphatic rings. The van der Waals surface area contributed by atoms with Crippen LogP contribution in [0.5, 0.6) is 5.75 Å². The quantitative estimate of drug-likeness (QED) is 0.847. The van der Waals surface area contributed by atoms with Crippen molar-refractivity contribution in [1.82, 2.24) is 4.90 Å². The molecule has 0 aromatic heterocycles. The van der Waals surface area contributed by atoms with Gasteiger partial charge >= 0.3 is 18.2 Å². The summed E-state index contributed by atoms with van der Waals surface area (Å²) in [5, 5.41) is 20.3. The number of amides is 2. The number of ether oxygens (including phenoxy) is 1. The van der Waals surface area contributed by atoms with Crippen molar-refractivity contribution in [2.24, 2.45) is 11.8 Å². The Bertz CT molecular complexity index is 745. The van der Waals surface area contributed by atoms with Crippen LogP contribution >= 0.6 is 0 Å². The molecule has 140 valence electrons. The Morgan fingerprint density at radius 2 is 2.12 bits per heavy atom. The van der Waals surface area contributed by atoms with Gasteiger partial charge in [-0.2, -0.15) is 18.4 Å². The monoisotopic (exact) mass is 371 g/mol. The molecule has 0 aliphatic carbocycles. The number of hydrogen-bond donors (Lipinski definition) is 2. The third-order valence-electron chi connectivity index (χ3n) is 3.99. The minimum atomic E-state index is -4.73. The highest BCUT2D eigenvalue weighted by atomic mass is 19.4. The molecule has 2 amide bonds. The predicted molar refractivity (Wildman–Crippen MR) is 83.6 cm³/mol. The second-order valence-corrected chi connectivity index (χ2v) is 5.68. The highest BCUT2D eigenvalue weighted by Crippen LogP contribution is 2.38. The number of rotatable bonds is 4. The Balaban J connectivity index is 2.20. The van der Waals surface area contributed by atoms with Gasteiger partial charge in [0.2, 0.25) is 0 Å². The molecule has 10 heteroatoms. The summed E-state index contributed by atoms with van der Waals surface area (Å²) in [6.07, 6.45) is -4.73. The van der Waals surface area contributed by atoms with Gasteiger partial charge in [0.1, 0.15) is 5.75 Å². The fourth-order valence-corrected chi connectivity index (χ4v) is 2.72. The number of alkyl halides is 3. The molecule has 1 aliphatic heterocycles. The molecule has 0 unspecified atom stereocenters. The van der Waals surface area contributed by atoms with E-state index in [-0.39, 0.29) is 23.6 Å². The topological polar surface area (TPSA) is 103 Å². The largest absolute Gasteiger partial charge is 0.492 e. The lowest BCUT2D eigenvalue weighted by Gasteiger charge is -2.19. The molecule has 1 aromatic carbocycles. The predicted octanol–water partition coefficient (Wildman–Crippen LogP) is 2.68. The van der Waals surface area contributed by atoms with Crippen molar-refractivity contribution in [2.75, 3.05) is 25.0 Å². The second-order valence-electron chi connectivity index (χ2n) is 5.68. The van der Waals surface area contributed by atoms with E-state index < -0.39 is 43.1 Å². The molecule has 2 N–H and O–H groups in total. The van der Waals surface area contributed by atoms with Crippen LogP contribution in [0.1, 0.15) is 12.5 Å². The number of benzene rings is 1. The number of halogens is 3. The molecule has 0 spiro atoms. The van der Waals surface area contributed by atoms with E-state index in [2.05, 4.69) is 5.32 Å². The fourth-order valence-electron chi connectivity index (χ4n) is 2.72. The number of carbonyl (C=O) groups is 2. The number of urea groups is 1. The van der Waals surface area contributed by atoms with Crippen LogP contribution in [-0.2, 0) is 4.79 Å². The summed E-state index contributed by atoms with van der Waals surface area (Å²) in [5.41, 5.74) is 0.347. The summed E-state index contributed by atoms with van der Waals surface area (Å²) in [7, 11) is 0. The summed E-state index contributed by atoms with van der Waals surface area (Å²) in [6.45, 7) is 0.660. The highest BCUT2D eigenvalue weighted by molar-refractivity contribution is 5.92. The van der Waals surface area contributed by atoms with E-state index in [9.17, 15) is 22.8 Å². The van der Waals surface area contributed by atoms with Crippen LogP contribution in [0.2, 0.25) is 0 Å². The Kier molecular flexibility index (Phi) is 5.59. The lowest BCUT2D eigenvalue weighted by Crippen LogP contribution is -2.35. The number of nitriles is 1. The van der Waals surface area contributed by atoms with E-state index >= 15 is 0 Å². The van der Waals surface area contributed by atoms with Crippen LogP contribution in [0.25, 0.3) is 0 Å². The van der Waals surface area contributed by atoms with Crippen LogP contribution in [-0.4, -0.2) is 47.9 Å². The summed E-state index contributed by atoms with van der Waals surface area (Å²) in [4.78, 5) is 24.2. The molecule has 2 rings (SSSR count). The van der Waals surface area contributed by atoms with Gasteiger partial charge in [-0.25, -0.2) is 4.79 Å². The number of nitrogens with one attached hydrogen (secondary N) is 1. The van der Waals surface area contributed by atoms with Gasteiger partial charge < -0.3 is 20.1 Å². The fraction of sp³-hybridized carbons (Fsp3) is 0.438. The summed E-state index contributed by atoms with van der Waals surface area (Å²) in [5.74, 6) is -5.22. The molecule has 1 aromatic rings. The average molecular weight is 371 g/mol. The number of carbonyl (C=O) groups excluding carboxylic acids is 1. The van der Waals surface area contributed by atoms with Crippen molar-refractivity contribution in [2.45, 2.75) is 13.1 Å². The van der Waals surface area contributed by atoms with Gasteiger partial charge in [-0.1, -0.05) is 0 Å². The molecule has 1 heterocycles. The van der Waals surface area contributed by atoms with Crippen molar-refractivity contribution in [3.63, 3.8) is 0 Å². The number of carboxylic acid groups (broad SMARTS) is 1. The summed E-state index contributed by atoms with van der Waals surface area (Å²) < 4.78 is 44.4. The van der Waals surface area contributed by atoms with E-state index in [0.717, 1.165) is 4.90 Å². The van der Waals surface area contributed by atoms with E-state index in [4.69, 9.17) is 15.1 Å². The number of likely N-dealkylation sites (tertiary alicyclic amines) is 1. The smallest absolute Gasteiger partial charge is 0.394 e. The van der Waals surface area contributed by atoms with Crippen LogP contribution in [0, 0.1) is 23.2 Å². The number of hydrogen-bond acceptors (Lipinski definition) is 4. The summed E-state index contributed by atoms with van der Waals surface area (Å²) in [6, 6.07) is 5.25. The molecule has 7 nitrogen and oxygen atoms in total. The van der Waals surface area contributed by atoms with Crippen LogP contribution in [0.15, 0.2) is 18.2 Å². The average Bonchev–Trinajstić information content (AvgIpc) is 3.02. The first-order chi connectivity index (χ1) is 12.2. The number of carboxylic acids is 1. The molecule has 1 fully saturated rings. The van der Waals surface area contributed by atoms with Gasteiger partial charge in [0.05, 0.1) is 35.8 Å². The van der Waals surface area contributed by atoms with Crippen LogP contribution in [0.3, 0.4) is 0 Å². The Morgan fingerprint density at radius 3 is 2.62 bits per heavy atom. The molecular weight excluding hydrogens is 355 g/mol. The standard InChI is InChI=1S/C16H16F3N3O4/c1-2-26-13-4-3-9(6-20)5-12(13)21-15(25)22-7-10(14(23)24)11(8-22)16(17,18)19/h3-5,10-11H,2,7-8H2,1H3,(H,21,25)(H,23,24)/t10-,11-/m1/s1. The molecule has 0 radical (unpaired) electrons. The zero-order chi connectivity index (χ0) is 19.5. The molecule has 0 saturated carbocycles. The maximum Gasteiger partial charge on any atom is 0.394 e. The molecule has 26 heavy (non-hydrogen) atoms. The maximum absolute atomic E-state index is 13.0. The van der Waals surface area contributed by atoms with Gasteiger partial charge in [-0.15, -0.1) is 0 Å². The van der Waals surface area contributed by atoms with Crippen molar-refractivity contribution < 1.29 is 32.6 Å². The van der Waals surface area contributed by atoms with Gasteiger partial charge in [-0.3, -0.25) is 4.79 Å². The molecule has 1 saturated heterocycles. The highest BCUT2D eigenvalue weighted by Gasteiger charge is 2.53. The van der Waals surface area contributed by atoms with Crippen LogP contribution < -0.4 is 10.1 Å². The lowest BCUT2D eigenvalue weighted by molar-refractivity contribution is -0.187. The van der Waals surface area contributed by atoms with E-state index in [0.29, 0.717) is 0 Å². The zero-order valence-electron chi connectivity index (χ0n) is 13.7. The molecule has 2 atom stereocenters. The first kappa shape index (κ1) is 19.4. The van der Waals surface area contributed by atoms with Gasteiger partial charge in [0, 0.05) is 13.1 Å². The Hall–Kier alpha value is -2.96. The summed E-state index contributed by atoms with van der Waals surface area (Å²) >= 11 is 0. The third-order valence-corrected chi connectivity index (χ3v) is 3.99. The zero-order valence-corrected chi connectivity index (χ0v) is 13.7. The Labute approximate surface area is 147 Å². The number of aliphatic carboxylic acids is 1. The Morgan fingerprint density at radius 1 is 1.42 bits per heavy atom. The van der Waals surface area contributed by atoms with Crippen molar-refractivity contribution >= 4 is 17.7 Å². The first-order valence-corrected chi connectivity index (χ1v) is 7.69. The van der Waals surface area contributed by atoms with Gasteiger partial charge in [-0.05, 0) is 25.1 Å². The number of nitrogens with zero attached hydrogens (tertiary/aromatic N) is 2. The minimum Gasteiger partial charge on any atom is -0.492 e. The number of anilines is 1. The van der Waals surface area contributed by atoms with Crippen molar-refractivity contribution in [3.05, 3.63) is 23.8 Å². The SMILES string of the molecule is CCOc1ccc(C#N)cc1NC(=O)N1C[C@@H](C(F)(F)F)[C@H](C(=O)O)C1. The van der Waals surface area contributed by atoms with Gasteiger partial charge in [0.15, 0.2) is 0 Å². The first-order valence-electron chi connectivity index (χ1n) is 7.69. The normalized spacial score (nSPS) is 19.7. The molecular formula is C16H16F3N3O4. The maximum atomic E-state index is 13.0. The van der Waals surface area contributed by atoms with Gasteiger partial charge in [0.25, 0.3) is 0 Å².